The number of benzene rings is 1. The molecule has 1 amide bonds. The van der Waals surface area contributed by atoms with Crippen LogP contribution < -0.4 is 4.74 Å². The zero-order chi connectivity index (χ0) is 15.6. The number of para-hydroxylation sites is 1. The van der Waals surface area contributed by atoms with Gasteiger partial charge in [0.25, 0.3) is 5.91 Å². The number of hydrogen-bond donors (Lipinski definition) is 2. The number of H-pyrrole nitrogens is 1. The molecular weight excluding hydrogens is 282 g/mol. The van der Waals surface area contributed by atoms with E-state index in [1.807, 2.05) is 30.3 Å². The van der Waals surface area contributed by atoms with Gasteiger partial charge in [-0.2, -0.15) is 0 Å². The van der Waals surface area contributed by atoms with Crippen LogP contribution in [0.15, 0.2) is 42.7 Å². The predicted octanol–water partition coefficient (Wildman–Crippen LogP) is 1.45. The van der Waals surface area contributed by atoms with Crippen molar-refractivity contribution >= 4 is 5.91 Å². The second-order valence-corrected chi connectivity index (χ2v) is 5.72. The fourth-order valence-electron chi connectivity index (χ4n) is 2.55. The Morgan fingerprint density at radius 3 is 2.91 bits per heavy atom. The van der Waals surface area contributed by atoms with Gasteiger partial charge >= 0.3 is 0 Å². The van der Waals surface area contributed by atoms with Gasteiger partial charge in [-0.25, -0.2) is 4.98 Å². The van der Waals surface area contributed by atoms with Crippen molar-refractivity contribution in [3.05, 3.63) is 48.5 Å². The summed E-state index contributed by atoms with van der Waals surface area (Å²) in [7, 11) is 0. The molecule has 0 saturated carbocycles. The second-order valence-electron chi connectivity index (χ2n) is 5.72. The van der Waals surface area contributed by atoms with Crippen molar-refractivity contribution < 1.29 is 14.6 Å². The highest BCUT2D eigenvalue weighted by molar-refractivity contribution is 5.90. The molecule has 1 aliphatic heterocycles. The van der Waals surface area contributed by atoms with Crippen molar-refractivity contribution in [2.24, 2.45) is 0 Å². The first-order chi connectivity index (χ1) is 10.6. The number of carbonyl (C=O) groups is 1. The molecule has 2 N–H and O–H groups in total. The number of ether oxygens (including phenoxy) is 1. The highest BCUT2D eigenvalue weighted by Gasteiger charge is 2.41. The number of hydrogen-bond acceptors (Lipinski definition) is 4. The van der Waals surface area contributed by atoms with Gasteiger partial charge in [-0.1, -0.05) is 18.2 Å². The Bertz CT molecular complexity index is 625. The monoisotopic (exact) mass is 301 g/mol. The normalized spacial score (nSPS) is 25.0. The van der Waals surface area contributed by atoms with E-state index in [2.05, 4.69) is 9.97 Å². The minimum Gasteiger partial charge on any atom is -0.486 e. The Kier molecular flexibility index (Phi) is 3.85. The first kappa shape index (κ1) is 14.6. The van der Waals surface area contributed by atoms with Gasteiger partial charge in [0.05, 0.1) is 6.54 Å². The third-order valence-corrected chi connectivity index (χ3v) is 3.98. The van der Waals surface area contributed by atoms with E-state index in [0.29, 0.717) is 31.1 Å². The van der Waals surface area contributed by atoms with Gasteiger partial charge in [-0.05, 0) is 25.5 Å². The molecule has 116 valence electrons. The lowest BCUT2D eigenvalue weighted by atomic mass is 9.90. The van der Waals surface area contributed by atoms with Gasteiger partial charge in [0, 0.05) is 18.9 Å². The van der Waals surface area contributed by atoms with Crippen molar-refractivity contribution in [2.75, 3.05) is 13.1 Å². The van der Waals surface area contributed by atoms with E-state index in [1.165, 1.54) is 0 Å². The summed E-state index contributed by atoms with van der Waals surface area (Å²) in [4.78, 5) is 20.8. The molecule has 22 heavy (non-hydrogen) atoms. The highest BCUT2D eigenvalue weighted by atomic mass is 16.5. The number of piperidine rings is 1. The van der Waals surface area contributed by atoms with Gasteiger partial charge in [0.1, 0.15) is 17.5 Å². The summed E-state index contributed by atoms with van der Waals surface area (Å²) in [6.07, 6.45) is 3.13. The second kappa shape index (κ2) is 5.81. The van der Waals surface area contributed by atoms with E-state index in [-0.39, 0.29) is 5.91 Å². The number of likely N-dealkylation sites (tertiary alicyclic amines) is 1. The zero-order valence-electron chi connectivity index (χ0n) is 12.4. The molecule has 0 unspecified atom stereocenters. The van der Waals surface area contributed by atoms with E-state index in [0.717, 1.165) is 0 Å². The maximum atomic E-state index is 12.4. The topological polar surface area (TPSA) is 78.5 Å². The molecular formula is C16H19N3O3. The lowest BCUT2D eigenvalue weighted by molar-refractivity contribution is -0.0882. The first-order valence-corrected chi connectivity index (χ1v) is 7.29. The van der Waals surface area contributed by atoms with Crippen LogP contribution >= 0.6 is 0 Å². The summed E-state index contributed by atoms with van der Waals surface area (Å²) in [6, 6.07) is 9.32. The van der Waals surface area contributed by atoms with Crippen molar-refractivity contribution in [2.45, 2.75) is 25.0 Å². The Hall–Kier alpha value is -2.34. The van der Waals surface area contributed by atoms with Gasteiger partial charge in [-0.3, -0.25) is 4.79 Å². The third-order valence-electron chi connectivity index (χ3n) is 3.98. The van der Waals surface area contributed by atoms with Crippen LogP contribution in [0.4, 0.5) is 0 Å². The summed E-state index contributed by atoms with van der Waals surface area (Å²) < 4.78 is 5.89. The molecule has 1 aliphatic rings. The molecule has 1 aromatic carbocycles. The molecule has 0 aliphatic carbocycles. The number of rotatable bonds is 3. The maximum absolute atomic E-state index is 12.4. The van der Waals surface area contributed by atoms with Crippen LogP contribution in [0.5, 0.6) is 5.75 Å². The molecule has 1 saturated heterocycles. The highest BCUT2D eigenvalue weighted by Crippen LogP contribution is 2.27. The van der Waals surface area contributed by atoms with Gasteiger partial charge in [0.15, 0.2) is 5.82 Å². The minimum absolute atomic E-state index is 0.179. The summed E-state index contributed by atoms with van der Waals surface area (Å²) in [6.45, 7) is 2.54. The maximum Gasteiger partial charge on any atom is 0.289 e. The minimum atomic E-state index is -0.976. The van der Waals surface area contributed by atoms with Gasteiger partial charge in [0.2, 0.25) is 0 Å². The SMILES string of the molecule is C[C@]1(O)CCN(C(=O)c2ncc[nH]2)C[C@@H]1Oc1ccccc1. The predicted molar refractivity (Wildman–Crippen MR) is 80.6 cm³/mol. The van der Waals surface area contributed by atoms with E-state index < -0.39 is 11.7 Å². The number of nitrogens with one attached hydrogen (secondary N) is 1. The molecule has 0 radical (unpaired) electrons. The number of aromatic amines is 1. The molecule has 6 nitrogen and oxygen atoms in total. The largest absolute Gasteiger partial charge is 0.486 e. The molecule has 0 bridgehead atoms. The van der Waals surface area contributed by atoms with Crippen LogP contribution in [0.25, 0.3) is 0 Å². The quantitative estimate of drug-likeness (QED) is 0.899. The molecule has 3 rings (SSSR count). The molecule has 2 aromatic rings. The van der Waals surface area contributed by atoms with Gasteiger partial charge < -0.3 is 19.7 Å². The zero-order valence-corrected chi connectivity index (χ0v) is 12.4. The average molecular weight is 301 g/mol. The van der Waals surface area contributed by atoms with Crippen molar-refractivity contribution in [1.29, 1.82) is 0 Å². The van der Waals surface area contributed by atoms with Crippen LogP contribution in [0.2, 0.25) is 0 Å². The Labute approximate surface area is 128 Å². The number of amides is 1. The molecule has 2 heterocycles. The van der Waals surface area contributed by atoms with E-state index in [9.17, 15) is 9.90 Å². The number of aromatic nitrogens is 2. The van der Waals surface area contributed by atoms with Crippen LogP contribution in [0.1, 0.15) is 24.0 Å². The Balaban J connectivity index is 1.74. The number of imidazole rings is 1. The van der Waals surface area contributed by atoms with Crippen LogP contribution in [-0.4, -0.2) is 50.7 Å². The molecule has 0 spiro atoms. The van der Waals surface area contributed by atoms with Crippen LogP contribution in [-0.2, 0) is 0 Å². The Morgan fingerprint density at radius 2 is 2.23 bits per heavy atom. The summed E-state index contributed by atoms with van der Waals surface area (Å²) in [5.74, 6) is 0.808. The standard InChI is InChI=1S/C16H19N3O3/c1-16(21)7-10-19(15(20)14-17-8-9-18-14)11-13(16)22-12-5-3-2-4-6-12/h2-6,8-9,13,21H,7,10-11H2,1H3,(H,17,18)/t13-,16-/m0/s1. The number of carbonyl (C=O) groups excluding carboxylic acids is 1. The summed E-state index contributed by atoms with van der Waals surface area (Å²) in [5.41, 5.74) is -0.976. The van der Waals surface area contributed by atoms with Crippen molar-refractivity contribution in [3.63, 3.8) is 0 Å². The van der Waals surface area contributed by atoms with Crippen molar-refractivity contribution in [1.82, 2.24) is 14.9 Å². The fourth-order valence-corrected chi connectivity index (χ4v) is 2.55. The molecule has 2 atom stereocenters. The van der Waals surface area contributed by atoms with E-state index in [4.69, 9.17) is 4.74 Å². The van der Waals surface area contributed by atoms with Crippen LogP contribution in [0, 0.1) is 0 Å². The lowest BCUT2D eigenvalue weighted by Crippen LogP contribution is -2.57. The molecule has 6 heteroatoms. The molecule has 1 fully saturated rings. The number of nitrogens with zero attached hydrogens (tertiary/aromatic N) is 2. The summed E-state index contributed by atoms with van der Waals surface area (Å²) in [5, 5.41) is 10.5. The Morgan fingerprint density at radius 1 is 1.45 bits per heavy atom. The van der Waals surface area contributed by atoms with E-state index >= 15 is 0 Å². The fraction of sp³-hybridized carbons (Fsp3) is 0.375. The summed E-state index contributed by atoms with van der Waals surface area (Å²) >= 11 is 0. The third kappa shape index (κ3) is 2.96. The van der Waals surface area contributed by atoms with Crippen LogP contribution in [0.3, 0.4) is 0 Å². The molecule has 1 aromatic heterocycles. The first-order valence-electron chi connectivity index (χ1n) is 7.29. The lowest BCUT2D eigenvalue weighted by Gasteiger charge is -2.42. The average Bonchev–Trinajstić information content (AvgIpc) is 3.04. The smallest absolute Gasteiger partial charge is 0.289 e. The van der Waals surface area contributed by atoms with Gasteiger partial charge in [-0.15, -0.1) is 0 Å². The van der Waals surface area contributed by atoms with E-state index in [1.54, 1.807) is 24.2 Å². The number of aliphatic hydroxyl groups is 1. The van der Waals surface area contributed by atoms with Crippen molar-refractivity contribution in [3.8, 4) is 5.75 Å².